The smallest absolute Gasteiger partial charge is 0.408 e. The van der Waals surface area contributed by atoms with E-state index in [-0.39, 0.29) is 17.9 Å². The van der Waals surface area contributed by atoms with Gasteiger partial charge >= 0.3 is 6.09 Å². The van der Waals surface area contributed by atoms with Crippen LogP contribution < -0.4 is 10.6 Å². The molecule has 7 heteroatoms. The standard InChI is InChI=1S/C33H47N3O4/c1-11-26-16-13-17-27(20-26)29(30(37)35-28-22(4)14-12-15-23(28)5)36(24(6)19-18-21(2)3)31(38)25(7)34-32(39)40-33(8,9)10/h11-17,20-21,24-25,29H,1,18-19H2,2-10H3,(H,34,39)(H,35,37). The van der Waals surface area contributed by atoms with Gasteiger partial charge in [0.05, 0.1) is 0 Å². The molecule has 7 nitrogen and oxygen atoms in total. The van der Waals surface area contributed by atoms with E-state index in [1.807, 2.05) is 63.2 Å². The number of rotatable bonds is 11. The molecule has 0 saturated heterocycles. The lowest BCUT2D eigenvalue weighted by Gasteiger charge is -2.38. The van der Waals surface area contributed by atoms with Gasteiger partial charge in [-0.25, -0.2) is 4.79 Å². The van der Waals surface area contributed by atoms with Gasteiger partial charge in [-0.15, -0.1) is 0 Å². The van der Waals surface area contributed by atoms with E-state index < -0.39 is 23.8 Å². The highest BCUT2D eigenvalue weighted by molar-refractivity contribution is 6.00. The number of nitrogens with zero attached hydrogens (tertiary/aromatic N) is 1. The Kier molecular flexibility index (Phi) is 11.5. The molecule has 0 heterocycles. The molecule has 0 aliphatic rings. The van der Waals surface area contributed by atoms with Crippen molar-refractivity contribution in [1.82, 2.24) is 10.2 Å². The molecule has 3 amide bonds. The SMILES string of the molecule is C=Cc1cccc(C(C(=O)Nc2c(C)cccc2C)N(C(=O)C(C)NC(=O)OC(C)(C)C)C(C)CCC(C)C)c1. The number of carbonyl (C=O) groups is 3. The van der Waals surface area contributed by atoms with Gasteiger partial charge in [-0.05, 0) is 95.5 Å². The molecule has 218 valence electrons. The second-order valence-corrected chi connectivity index (χ2v) is 12.0. The number of amides is 3. The molecule has 0 aliphatic heterocycles. The summed E-state index contributed by atoms with van der Waals surface area (Å²) in [6.45, 7) is 20.9. The van der Waals surface area contributed by atoms with Gasteiger partial charge in [0.15, 0.2) is 0 Å². The van der Waals surface area contributed by atoms with E-state index in [1.54, 1.807) is 38.7 Å². The van der Waals surface area contributed by atoms with E-state index >= 15 is 0 Å². The molecule has 0 bridgehead atoms. The largest absolute Gasteiger partial charge is 0.444 e. The number of benzene rings is 2. The van der Waals surface area contributed by atoms with E-state index in [0.717, 1.165) is 28.8 Å². The van der Waals surface area contributed by atoms with Crippen molar-refractivity contribution in [1.29, 1.82) is 0 Å². The molecule has 0 aromatic heterocycles. The maximum atomic E-state index is 14.2. The Morgan fingerprint density at radius 1 is 0.975 bits per heavy atom. The Labute approximate surface area is 240 Å². The maximum Gasteiger partial charge on any atom is 0.408 e. The third-order valence-electron chi connectivity index (χ3n) is 6.71. The second-order valence-electron chi connectivity index (χ2n) is 12.0. The monoisotopic (exact) mass is 549 g/mol. The van der Waals surface area contributed by atoms with E-state index in [0.29, 0.717) is 17.9 Å². The molecule has 0 saturated carbocycles. The number of ether oxygens (including phenoxy) is 1. The second kappa shape index (κ2) is 14.1. The highest BCUT2D eigenvalue weighted by atomic mass is 16.6. The number of anilines is 1. The summed E-state index contributed by atoms with van der Waals surface area (Å²) in [6.07, 6.45) is 2.59. The Balaban J connectivity index is 2.60. The average Bonchev–Trinajstić information content (AvgIpc) is 2.86. The van der Waals surface area contributed by atoms with Crippen molar-refractivity contribution in [3.63, 3.8) is 0 Å². The lowest BCUT2D eigenvalue weighted by Crippen LogP contribution is -2.54. The number of para-hydroxylation sites is 1. The first kappa shape index (κ1) is 32.6. The zero-order valence-electron chi connectivity index (χ0n) is 25.6. The van der Waals surface area contributed by atoms with Crippen molar-refractivity contribution in [2.75, 3.05) is 5.32 Å². The van der Waals surface area contributed by atoms with E-state index in [9.17, 15) is 14.4 Å². The van der Waals surface area contributed by atoms with Crippen LogP contribution in [0.25, 0.3) is 6.08 Å². The molecular formula is C33H47N3O4. The first-order valence-corrected chi connectivity index (χ1v) is 14.1. The topological polar surface area (TPSA) is 87.7 Å². The summed E-state index contributed by atoms with van der Waals surface area (Å²) in [7, 11) is 0. The summed E-state index contributed by atoms with van der Waals surface area (Å²) in [4.78, 5) is 42.5. The summed E-state index contributed by atoms with van der Waals surface area (Å²) < 4.78 is 5.39. The number of aryl methyl sites for hydroxylation is 2. The van der Waals surface area contributed by atoms with Crippen LogP contribution in [0.15, 0.2) is 49.0 Å². The minimum atomic E-state index is -0.948. The first-order valence-electron chi connectivity index (χ1n) is 14.1. The number of carbonyl (C=O) groups excluding carboxylic acids is 3. The van der Waals surface area contributed by atoms with Crippen molar-refractivity contribution >= 4 is 29.7 Å². The van der Waals surface area contributed by atoms with Crippen LogP contribution in [0.2, 0.25) is 0 Å². The van der Waals surface area contributed by atoms with Crippen LogP contribution in [0.4, 0.5) is 10.5 Å². The van der Waals surface area contributed by atoms with Gasteiger partial charge in [-0.2, -0.15) is 0 Å². The van der Waals surface area contributed by atoms with Crippen molar-refractivity contribution in [3.05, 3.63) is 71.3 Å². The quantitative estimate of drug-likeness (QED) is 0.310. The molecule has 3 unspecified atom stereocenters. The average molecular weight is 550 g/mol. The Bertz CT molecular complexity index is 1180. The Morgan fingerprint density at radius 3 is 2.12 bits per heavy atom. The first-order chi connectivity index (χ1) is 18.6. The third-order valence-corrected chi connectivity index (χ3v) is 6.71. The van der Waals surface area contributed by atoms with Crippen molar-refractivity contribution in [2.45, 2.75) is 98.9 Å². The van der Waals surface area contributed by atoms with Crippen molar-refractivity contribution < 1.29 is 19.1 Å². The van der Waals surface area contributed by atoms with Gasteiger partial charge < -0.3 is 20.3 Å². The number of hydrogen-bond donors (Lipinski definition) is 2. The zero-order valence-corrected chi connectivity index (χ0v) is 25.6. The minimum absolute atomic E-state index is 0.293. The summed E-state index contributed by atoms with van der Waals surface area (Å²) in [5.74, 6) is -0.275. The molecule has 0 spiro atoms. The van der Waals surface area contributed by atoms with Crippen LogP contribution in [0.3, 0.4) is 0 Å². The molecular weight excluding hydrogens is 502 g/mol. The molecule has 2 N–H and O–H groups in total. The van der Waals surface area contributed by atoms with Gasteiger partial charge in [0.2, 0.25) is 5.91 Å². The van der Waals surface area contributed by atoms with Gasteiger partial charge in [0.1, 0.15) is 17.7 Å². The van der Waals surface area contributed by atoms with Crippen LogP contribution in [-0.2, 0) is 14.3 Å². The molecule has 0 radical (unpaired) electrons. The maximum absolute atomic E-state index is 14.2. The lowest BCUT2D eigenvalue weighted by atomic mass is 9.96. The van der Waals surface area contributed by atoms with Gasteiger partial charge in [0.25, 0.3) is 5.91 Å². The summed E-state index contributed by atoms with van der Waals surface area (Å²) in [6, 6.07) is 11.2. The van der Waals surface area contributed by atoms with Crippen LogP contribution in [0, 0.1) is 19.8 Å². The molecule has 2 aromatic rings. The summed E-state index contributed by atoms with van der Waals surface area (Å²) in [5, 5.41) is 5.78. The zero-order chi connectivity index (χ0) is 30.2. The highest BCUT2D eigenvalue weighted by Crippen LogP contribution is 2.30. The van der Waals surface area contributed by atoms with Crippen molar-refractivity contribution in [2.24, 2.45) is 5.92 Å². The van der Waals surface area contributed by atoms with E-state index in [2.05, 4.69) is 31.1 Å². The number of alkyl carbamates (subject to hydrolysis) is 1. The molecule has 40 heavy (non-hydrogen) atoms. The number of hydrogen-bond acceptors (Lipinski definition) is 4. The molecule has 3 atom stereocenters. The fourth-order valence-corrected chi connectivity index (χ4v) is 4.58. The van der Waals surface area contributed by atoms with E-state index in [4.69, 9.17) is 4.74 Å². The molecule has 2 aromatic carbocycles. The van der Waals surface area contributed by atoms with Gasteiger partial charge in [-0.1, -0.05) is 62.9 Å². The van der Waals surface area contributed by atoms with Crippen LogP contribution in [0.1, 0.15) is 89.6 Å². The third kappa shape index (κ3) is 9.25. The normalized spacial score (nSPS) is 13.7. The van der Waals surface area contributed by atoms with Crippen LogP contribution in [0.5, 0.6) is 0 Å². The minimum Gasteiger partial charge on any atom is -0.444 e. The number of nitrogens with one attached hydrogen (secondary N) is 2. The fourth-order valence-electron chi connectivity index (χ4n) is 4.58. The summed E-state index contributed by atoms with van der Waals surface area (Å²) >= 11 is 0. The summed E-state index contributed by atoms with van der Waals surface area (Å²) in [5.41, 5.74) is 3.37. The molecule has 0 aliphatic carbocycles. The Hall–Kier alpha value is -3.61. The van der Waals surface area contributed by atoms with Crippen LogP contribution in [-0.4, -0.2) is 40.5 Å². The molecule has 2 rings (SSSR count). The Morgan fingerprint density at radius 2 is 1.57 bits per heavy atom. The van der Waals surface area contributed by atoms with E-state index in [1.165, 1.54) is 0 Å². The van der Waals surface area contributed by atoms with Crippen LogP contribution >= 0.6 is 0 Å². The fraction of sp³-hybridized carbons (Fsp3) is 0.485. The highest BCUT2D eigenvalue weighted by Gasteiger charge is 2.38. The van der Waals surface area contributed by atoms with Crippen molar-refractivity contribution in [3.8, 4) is 0 Å². The predicted molar refractivity (Wildman–Crippen MR) is 163 cm³/mol. The molecule has 0 fully saturated rings. The lowest BCUT2D eigenvalue weighted by molar-refractivity contribution is -0.143. The van der Waals surface area contributed by atoms with Gasteiger partial charge in [0, 0.05) is 11.7 Å². The predicted octanol–water partition coefficient (Wildman–Crippen LogP) is 7.19. The van der Waals surface area contributed by atoms with Gasteiger partial charge in [-0.3, -0.25) is 9.59 Å².